The number of carbonyl (C=O) groups is 2. The second kappa shape index (κ2) is 6.43. The molecule has 1 aliphatic heterocycles. The van der Waals surface area contributed by atoms with Crippen molar-refractivity contribution in [2.45, 2.75) is 12.7 Å². The van der Waals surface area contributed by atoms with E-state index < -0.39 is 48.9 Å². The summed E-state index contributed by atoms with van der Waals surface area (Å²) in [6.45, 7) is -1.20. The molecule has 5 nitrogen and oxygen atoms in total. The van der Waals surface area contributed by atoms with E-state index in [2.05, 4.69) is 5.32 Å². The normalized spacial score (nSPS) is 21.3. The summed E-state index contributed by atoms with van der Waals surface area (Å²) in [5, 5.41) is 11.3. The van der Waals surface area contributed by atoms with Gasteiger partial charge in [-0.25, -0.2) is 9.18 Å². The van der Waals surface area contributed by atoms with Crippen LogP contribution in [-0.2, 0) is 11.3 Å². The lowest BCUT2D eigenvalue weighted by Gasteiger charge is -2.18. The van der Waals surface area contributed by atoms with Gasteiger partial charge in [0.1, 0.15) is 5.82 Å². The lowest BCUT2D eigenvalue weighted by Crippen LogP contribution is -2.39. The molecule has 2 N–H and O–H groups in total. The number of hydrogen-bond donors (Lipinski definition) is 2. The Labute approximate surface area is 128 Å². The van der Waals surface area contributed by atoms with Crippen LogP contribution in [0, 0.1) is 17.7 Å². The molecule has 1 fully saturated rings. The highest BCUT2D eigenvalue weighted by Gasteiger charge is 2.53. The minimum Gasteiger partial charge on any atom is -0.481 e. The number of benzene rings is 1. The first-order chi connectivity index (χ1) is 10.7. The smallest absolute Gasteiger partial charge is 0.394 e. The number of hydrogen-bond acceptors (Lipinski definition) is 2. The molecule has 0 aliphatic carbocycles. The number of likely N-dealkylation sites (tertiary alicyclic amines) is 1. The lowest BCUT2D eigenvalue weighted by atomic mass is 9.96. The summed E-state index contributed by atoms with van der Waals surface area (Å²) in [5.41, 5.74) is 0.570. The third kappa shape index (κ3) is 4.11. The van der Waals surface area contributed by atoms with E-state index in [-0.39, 0.29) is 6.54 Å². The van der Waals surface area contributed by atoms with Gasteiger partial charge in [-0.1, -0.05) is 12.1 Å². The molecule has 126 valence electrons. The molecule has 9 heteroatoms. The van der Waals surface area contributed by atoms with E-state index >= 15 is 0 Å². The van der Waals surface area contributed by atoms with Gasteiger partial charge in [0.05, 0.1) is 11.8 Å². The largest absolute Gasteiger partial charge is 0.481 e. The fraction of sp³-hybridized carbons (Fsp3) is 0.429. The van der Waals surface area contributed by atoms with E-state index in [0.29, 0.717) is 5.56 Å². The minimum atomic E-state index is -4.69. The fourth-order valence-corrected chi connectivity index (χ4v) is 2.44. The Morgan fingerprint density at radius 3 is 2.30 bits per heavy atom. The first-order valence-corrected chi connectivity index (χ1v) is 6.75. The first-order valence-electron chi connectivity index (χ1n) is 6.75. The molecule has 1 heterocycles. The Bertz CT molecular complexity index is 589. The van der Waals surface area contributed by atoms with Crippen molar-refractivity contribution in [2.75, 3.05) is 13.1 Å². The number of carbonyl (C=O) groups excluding carboxylic acids is 1. The van der Waals surface area contributed by atoms with Gasteiger partial charge in [-0.3, -0.25) is 4.79 Å². The number of urea groups is 1. The SMILES string of the molecule is O=C(O)[C@@H]1CN(C(=O)NCc2ccc(F)cc2)C[C@H]1C(F)(F)F. The van der Waals surface area contributed by atoms with Gasteiger partial charge in [-0.2, -0.15) is 13.2 Å². The van der Waals surface area contributed by atoms with E-state index in [4.69, 9.17) is 5.11 Å². The second-order valence-electron chi connectivity index (χ2n) is 5.28. The number of aliphatic carboxylic acids is 1. The zero-order valence-corrected chi connectivity index (χ0v) is 11.8. The molecule has 2 atom stereocenters. The van der Waals surface area contributed by atoms with Crippen molar-refractivity contribution in [3.63, 3.8) is 0 Å². The Morgan fingerprint density at radius 2 is 1.83 bits per heavy atom. The zero-order valence-electron chi connectivity index (χ0n) is 11.8. The summed E-state index contributed by atoms with van der Waals surface area (Å²) in [7, 11) is 0. The van der Waals surface area contributed by atoms with Crippen LogP contribution in [0.1, 0.15) is 5.56 Å². The minimum absolute atomic E-state index is 0.00400. The molecule has 1 aliphatic rings. The molecular weight excluding hydrogens is 320 g/mol. The molecule has 0 saturated carbocycles. The van der Waals surface area contributed by atoms with Crippen LogP contribution in [0.5, 0.6) is 0 Å². The Kier molecular flexibility index (Phi) is 4.76. The van der Waals surface area contributed by atoms with Crippen molar-refractivity contribution >= 4 is 12.0 Å². The van der Waals surface area contributed by atoms with E-state index in [1.807, 2.05) is 0 Å². The zero-order chi connectivity index (χ0) is 17.2. The van der Waals surface area contributed by atoms with Crippen molar-refractivity contribution in [1.29, 1.82) is 0 Å². The van der Waals surface area contributed by atoms with Crippen molar-refractivity contribution in [3.05, 3.63) is 35.6 Å². The number of nitrogens with zero attached hydrogens (tertiary/aromatic N) is 1. The van der Waals surface area contributed by atoms with Gasteiger partial charge in [-0.05, 0) is 17.7 Å². The van der Waals surface area contributed by atoms with Crippen molar-refractivity contribution < 1.29 is 32.3 Å². The Morgan fingerprint density at radius 1 is 1.22 bits per heavy atom. The molecule has 2 amide bonds. The number of alkyl halides is 3. The first kappa shape index (κ1) is 17.0. The lowest BCUT2D eigenvalue weighted by molar-refractivity contribution is -0.187. The third-order valence-corrected chi connectivity index (χ3v) is 3.70. The highest BCUT2D eigenvalue weighted by Crippen LogP contribution is 2.37. The topological polar surface area (TPSA) is 69.6 Å². The number of halogens is 4. The Hall–Kier alpha value is -2.32. The highest BCUT2D eigenvalue weighted by atomic mass is 19.4. The average molecular weight is 334 g/mol. The molecule has 1 saturated heterocycles. The predicted molar refractivity (Wildman–Crippen MR) is 70.9 cm³/mol. The van der Waals surface area contributed by atoms with Crippen LogP contribution in [0.3, 0.4) is 0 Å². The Balaban J connectivity index is 1.97. The van der Waals surface area contributed by atoms with Crippen LogP contribution in [-0.4, -0.2) is 41.3 Å². The van der Waals surface area contributed by atoms with E-state index in [0.717, 1.165) is 4.90 Å². The molecule has 0 bridgehead atoms. The molecule has 1 aromatic rings. The quantitative estimate of drug-likeness (QED) is 0.833. The van der Waals surface area contributed by atoms with Gasteiger partial charge in [0, 0.05) is 19.6 Å². The van der Waals surface area contributed by atoms with Crippen molar-refractivity contribution in [2.24, 2.45) is 11.8 Å². The molecule has 0 radical (unpaired) electrons. The maximum Gasteiger partial charge on any atom is 0.394 e. The van der Waals surface area contributed by atoms with Crippen LogP contribution in [0.4, 0.5) is 22.4 Å². The van der Waals surface area contributed by atoms with Crippen LogP contribution in [0.15, 0.2) is 24.3 Å². The molecule has 0 aromatic heterocycles. The average Bonchev–Trinajstić information content (AvgIpc) is 2.92. The number of carboxylic acids is 1. The van der Waals surface area contributed by atoms with Crippen LogP contribution < -0.4 is 5.32 Å². The molecular formula is C14H14F4N2O3. The van der Waals surface area contributed by atoms with Crippen LogP contribution in [0.25, 0.3) is 0 Å². The molecule has 2 rings (SSSR count). The number of rotatable bonds is 3. The third-order valence-electron chi connectivity index (χ3n) is 3.70. The summed E-state index contributed by atoms with van der Waals surface area (Å²) in [6, 6.07) is 4.46. The monoisotopic (exact) mass is 334 g/mol. The second-order valence-corrected chi connectivity index (χ2v) is 5.28. The highest BCUT2D eigenvalue weighted by molar-refractivity contribution is 5.77. The van der Waals surface area contributed by atoms with Crippen LogP contribution in [0.2, 0.25) is 0 Å². The van der Waals surface area contributed by atoms with E-state index in [1.165, 1.54) is 24.3 Å². The molecule has 1 aromatic carbocycles. The number of carboxylic acid groups (broad SMARTS) is 1. The van der Waals surface area contributed by atoms with Gasteiger partial charge in [0.15, 0.2) is 0 Å². The number of nitrogens with one attached hydrogen (secondary N) is 1. The van der Waals surface area contributed by atoms with Crippen LogP contribution >= 0.6 is 0 Å². The summed E-state index contributed by atoms with van der Waals surface area (Å²) >= 11 is 0. The maximum atomic E-state index is 12.8. The number of amides is 2. The van der Waals surface area contributed by atoms with Crippen molar-refractivity contribution in [1.82, 2.24) is 10.2 Å². The van der Waals surface area contributed by atoms with Gasteiger partial charge in [0.25, 0.3) is 0 Å². The van der Waals surface area contributed by atoms with Gasteiger partial charge < -0.3 is 15.3 Å². The summed E-state index contributed by atoms with van der Waals surface area (Å²) in [4.78, 5) is 23.7. The summed E-state index contributed by atoms with van der Waals surface area (Å²) in [6.07, 6.45) is -4.69. The van der Waals surface area contributed by atoms with Gasteiger partial charge >= 0.3 is 18.2 Å². The maximum absolute atomic E-state index is 12.8. The van der Waals surface area contributed by atoms with E-state index in [1.54, 1.807) is 0 Å². The van der Waals surface area contributed by atoms with Crippen molar-refractivity contribution in [3.8, 4) is 0 Å². The predicted octanol–water partition coefficient (Wildman–Crippen LogP) is 2.23. The molecule has 0 spiro atoms. The van der Waals surface area contributed by atoms with Gasteiger partial charge in [0.2, 0.25) is 0 Å². The standard InChI is InChI=1S/C14H14F4N2O3/c15-9-3-1-8(2-4-9)5-19-13(23)20-6-10(12(21)22)11(7-20)14(16,17)18/h1-4,10-11H,5-7H2,(H,19,23)(H,21,22)/t10-,11-/m1/s1. The summed E-state index contributed by atoms with van der Waals surface area (Å²) < 4.78 is 51.3. The molecule has 23 heavy (non-hydrogen) atoms. The molecule has 0 unspecified atom stereocenters. The van der Waals surface area contributed by atoms with E-state index in [9.17, 15) is 27.2 Å². The summed E-state index contributed by atoms with van der Waals surface area (Å²) in [5.74, 6) is -5.79. The van der Waals surface area contributed by atoms with Gasteiger partial charge in [-0.15, -0.1) is 0 Å². The fourth-order valence-electron chi connectivity index (χ4n) is 2.44.